The Kier molecular flexibility index (Phi) is 2.43. The maximum absolute atomic E-state index is 13.0. The van der Waals surface area contributed by atoms with Gasteiger partial charge in [-0.25, -0.2) is 4.98 Å². The Bertz CT molecular complexity index is 669. The van der Waals surface area contributed by atoms with Crippen LogP contribution in [0.4, 0.5) is 30.7 Å². The van der Waals surface area contributed by atoms with Crippen molar-refractivity contribution in [3.63, 3.8) is 0 Å². The van der Waals surface area contributed by atoms with E-state index in [1.165, 1.54) is 0 Å². The third-order valence-electron chi connectivity index (χ3n) is 2.63. The number of rotatable bonds is 0. The van der Waals surface area contributed by atoms with Crippen LogP contribution < -0.4 is 9.47 Å². The van der Waals surface area contributed by atoms with Crippen molar-refractivity contribution in [3.05, 3.63) is 18.0 Å². The molecule has 114 valence electrons. The minimum absolute atomic E-state index is 0.314. The highest BCUT2D eigenvalue weighted by Gasteiger charge is 2.66. The number of fused-ring (bicyclic) bond motifs is 2. The summed E-state index contributed by atoms with van der Waals surface area (Å²) >= 11 is 0. The molecule has 0 saturated heterocycles. The number of alkyl halides is 7. The molecule has 0 fully saturated rings. The second-order valence-corrected chi connectivity index (χ2v) is 4.14. The fourth-order valence-electron chi connectivity index (χ4n) is 1.71. The summed E-state index contributed by atoms with van der Waals surface area (Å²) in [5.41, 5.74) is -0.698. The van der Waals surface area contributed by atoms with Crippen LogP contribution in [0.25, 0.3) is 11.0 Å². The molecule has 0 unspecified atom stereocenters. The molecule has 1 N–H and O–H groups in total. The van der Waals surface area contributed by atoms with E-state index in [2.05, 4.69) is 14.5 Å². The van der Waals surface area contributed by atoms with E-state index in [1.807, 2.05) is 4.98 Å². The smallest absolute Gasteiger partial charge is 0.421 e. The van der Waals surface area contributed by atoms with Gasteiger partial charge < -0.3 is 14.5 Å². The van der Waals surface area contributed by atoms with Gasteiger partial charge in [0.2, 0.25) is 5.82 Å². The van der Waals surface area contributed by atoms with E-state index < -0.39 is 35.7 Å². The first-order valence-corrected chi connectivity index (χ1v) is 5.24. The van der Waals surface area contributed by atoms with E-state index in [9.17, 15) is 30.7 Å². The van der Waals surface area contributed by atoms with E-state index in [4.69, 9.17) is 0 Å². The summed E-state index contributed by atoms with van der Waals surface area (Å²) in [6, 6.07) is 1.33. The number of nitrogens with zero attached hydrogens (tertiary/aromatic N) is 1. The highest BCUT2D eigenvalue weighted by Crippen LogP contribution is 2.48. The molecule has 4 nitrogen and oxygen atoms in total. The summed E-state index contributed by atoms with van der Waals surface area (Å²) in [4.78, 5) is 4.96. The number of hydrogen-bond acceptors (Lipinski definition) is 3. The largest absolute Gasteiger partial charge is 0.507 e. The van der Waals surface area contributed by atoms with Crippen molar-refractivity contribution >= 4 is 11.0 Å². The van der Waals surface area contributed by atoms with Gasteiger partial charge in [-0.05, 0) is 0 Å². The number of ether oxygens (including phenoxy) is 2. The molecule has 0 spiro atoms. The second kappa shape index (κ2) is 3.71. The van der Waals surface area contributed by atoms with Gasteiger partial charge in [-0.15, -0.1) is 0 Å². The number of halogens is 7. The Hall–Kier alpha value is -2.20. The number of nitrogens with one attached hydrogen (secondary N) is 1. The minimum Gasteiger partial charge on any atom is -0.421 e. The van der Waals surface area contributed by atoms with Crippen molar-refractivity contribution in [1.82, 2.24) is 9.97 Å². The van der Waals surface area contributed by atoms with Gasteiger partial charge in [0.05, 0.1) is 11.0 Å². The average molecular weight is 316 g/mol. The summed E-state index contributed by atoms with van der Waals surface area (Å²) in [7, 11) is 0. The third-order valence-corrected chi connectivity index (χ3v) is 2.63. The molecule has 0 saturated carbocycles. The van der Waals surface area contributed by atoms with Gasteiger partial charge in [0.1, 0.15) is 0 Å². The Morgan fingerprint density at radius 1 is 0.952 bits per heavy atom. The van der Waals surface area contributed by atoms with Crippen molar-refractivity contribution in [3.8, 4) is 11.5 Å². The number of benzene rings is 1. The monoisotopic (exact) mass is 316 g/mol. The molecule has 1 aliphatic rings. The lowest BCUT2D eigenvalue weighted by molar-refractivity contribution is -0.391. The highest BCUT2D eigenvalue weighted by molar-refractivity contribution is 5.80. The summed E-state index contributed by atoms with van der Waals surface area (Å²) in [5.74, 6) is -3.06. The minimum atomic E-state index is -4.95. The zero-order chi connectivity index (χ0) is 15.6. The lowest BCUT2D eigenvalue weighted by Gasteiger charge is -2.31. The molecule has 0 radical (unpaired) electrons. The number of H-pyrrole nitrogens is 1. The van der Waals surface area contributed by atoms with Crippen LogP contribution in [0.5, 0.6) is 11.5 Å². The topological polar surface area (TPSA) is 47.1 Å². The molecule has 1 aromatic carbocycles. The van der Waals surface area contributed by atoms with Gasteiger partial charge in [-0.2, -0.15) is 30.7 Å². The first-order chi connectivity index (χ1) is 9.49. The molecule has 0 aliphatic carbocycles. The van der Waals surface area contributed by atoms with E-state index in [0.717, 1.165) is 0 Å². The number of hydrogen-bond donors (Lipinski definition) is 1. The van der Waals surface area contributed by atoms with Gasteiger partial charge in [0.25, 0.3) is 0 Å². The molecule has 2 aromatic rings. The molecule has 0 amide bonds. The molecular weight excluding hydrogens is 313 g/mol. The lowest BCUT2D eigenvalue weighted by Crippen LogP contribution is -2.52. The molecular formula is C10H3F7N2O2. The predicted molar refractivity (Wildman–Crippen MR) is 52.2 cm³/mol. The SMILES string of the molecule is FC(F)(F)c1nc2cc3c(cc2[nH]1)OC(F)(F)C(F)(F)O3. The molecule has 0 atom stereocenters. The summed E-state index contributed by atoms with van der Waals surface area (Å²) < 4.78 is 96.8. The number of aromatic amines is 1. The molecule has 1 aromatic heterocycles. The molecule has 1 aliphatic heterocycles. The lowest BCUT2D eigenvalue weighted by atomic mass is 10.2. The third kappa shape index (κ3) is 2.03. The maximum atomic E-state index is 13.0. The molecule has 21 heavy (non-hydrogen) atoms. The Labute approximate surface area is 110 Å². The van der Waals surface area contributed by atoms with E-state index in [1.54, 1.807) is 0 Å². The van der Waals surface area contributed by atoms with Crippen molar-refractivity contribution in [2.45, 2.75) is 18.4 Å². The number of imidazole rings is 1. The Balaban J connectivity index is 2.14. The summed E-state index contributed by atoms with van der Waals surface area (Å²) in [6.45, 7) is 0. The molecule has 2 heterocycles. The van der Waals surface area contributed by atoms with Gasteiger partial charge in [-0.3, -0.25) is 0 Å². The maximum Gasteiger partial charge on any atom is 0.507 e. The van der Waals surface area contributed by atoms with E-state index in [-0.39, 0.29) is 11.0 Å². The zero-order valence-corrected chi connectivity index (χ0v) is 9.56. The molecule has 11 heteroatoms. The van der Waals surface area contributed by atoms with Gasteiger partial charge in [0, 0.05) is 12.1 Å². The molecule has 0 bridgehead atoms. The summed E-state index contributed by atoms with van der Waals surface area (Å²) in [5, 5.41) is 0. The van der Waals surface area contributed by atoms with Crippen molar-refractivity contribution in [2.75, 3.05) is 0 Å². The van der Waals surface area contributed by atoms with Gasteiger partial charge in [-0.1, -0.05) is 0 Å². The first-order valence-electron chi connectivity index (χ1n) is 5.24. The van der Waals surface area contributed by atoms with E-state index in [0.29, 0.717) is 12.1 Å². The fraction of sp³-hybridized carbons (Fsp3) is 0.300. The first kappa shape index (κ1) is 13.8. The Morgan fingerprint density at radius 3 is 2.00 bits per heavy atom. The summed E-state index contributed by atoms with van der Waals surface area (Å²) in [6.07, 6.45) is -14.7. The van der Waals surface area contributed by atoms with Crippen LogP contribution in [0.3, 0.4) is 0 Å². The van der Waals surface area contributed by atoms with Crippen LogP contribution in [0, 0.1) is 0 Å². The van der Waals surface area contributed by atoms with E-state index >= 15 is 0 Å². The van der Waals surface area contributed by atoms with Crippen molar-refractivity contribution < 1.29 is 40.2 Å². The van der Waals surface area contributed by atoms with Crippen molar-refractivity contribution in [2.24, 2.45) is 0 Å². The van der Waals surface area contributed by atoms with Crippen LogP contribution in [-0.2, 0) is 6.18 Å². The van der Waals surface area contributed by atoms with Crippen LogP contribution in [0.1, 0.15) is 5.82 Å². The van der Waals surface area contributed by atoms with Crippen LogP contribution >= 0.6 is 0 Å². The second-order valence-electron chi connectivity index (χ2n) is 4.14. The zero-order valence-electron chi connectivity index (χ0n) is 9.56. The average Bonchev–Trinajstić information content (AvgIpc) is 2.69. The molecule has 3 rings (SSSR count). The fourth-order valence-corrected chi connectivity index (χ4v) is 1.71. The van der Waals surface area contributed by atoms with Gasteiger partial charge in [0.15, 0.2) is 11.5 Å². The van der Waals surface area contributed by atoms with Crippen LogP contribution in [0.2, 0.25) is 0 Å². The number of aromatic nitrogens is 2. The predicted octanol–water partition coefficient (Wildman–Crippen LogP) is 3.54. The van der Waals surface area contributed by atoms with Crippen LogP contribution in [-0.4, -0.2) is 22.2 Å². The standard InChI is InChI=1S/C10H3F7N2O2/c11-8(12,13)7-18-3-1-5-6(2-4(3)19-7)21-10(16,17)9(14,15)20-5/h1-2H,(H,18,19). The Morgan fingerprint density at radius 2 is 1.48 bits per heavy atom. The quantitative estimate of drug-likeness (QED) is 0.756. The van der Waals surface area contributed by atoms with Crippen LogP contribution in [0.15, 0.2) is 12.1 Å². The normalized spacial score (nSPS) is 19.8. The van der Waals surface area contributed by atoms with Gasteiger partial charge >= 0.3 is 18.4 Å². The van der Waals surface area contributed by atoms with Crippen molar-refractivity contribution in [1.29, 1.82) is 0 Å². The highest BCUT2D eigenvalue weighted by atomic mass is 19.4.